The first kappa shape index (κ1) is 18.1. The van der Waals surface area contributed by atoms with Crippen molar-refractivity contribution in [3.05, 3.63) is 23.8 Å². The average molecular weight is 335 g/mol. The minimum absolute atomic E-state index is 0.148. The van der Waals surface area contributed by atoms with Crippen LogP contribution in [0.25, 0.3) is 0 Å². The lowest BCUT2D eigenvalue weighted by Crippen LogP contribution is -2.44. The van der Waals surface area contributed by atoms with Gasteiger partial charge >= 0.3 is 5.97 Å². The van der Waals surface area contributed by atoms with E-state index in [1.165, 1.54) is 14.2 Å². The van der Waals surface area contributed by atoms with Crippen molar-refractivity contribution in [2.45, 2.75) is 32.8 Å². The predicted molar refractivity (Wildman–Crippen MR) is 89.4 cm³/mol. The van der Waals surface area contributed by atoms with Crippen LogP contribution in [0.2, 0.25) is 0 Å². The van der Waals surface area contributed by atoms with E-state index in [0.29, 0.717) is 17.4 Å². The number of benzene rings is 1. The largest absolute Gasteiger partial charge is 0.497 e. The fourth-order valence-corrected chi connectivity index (χ4v) is 2.69. The first-order valence-electron chi connectivity index (χ1n) is 8.17. The van der Waals surface area contributed by atoms with Gasteiger partial charge in [0.1, 0.15) is 11.5 Å². The molecule has 1 aromatic carbocycles. The summed E-state index contributed by atoms with van der Waals surface area (Å²) in [5.41, 5.74) is 0.290. The molecule has 6 nitrogen and oxygen atoms in total. The highest BCUT2D eigenvalue weighted by atomic mass is 16.5. The predicted octanol–water partition coefficient (Wildman–Crippen LogP) is 2.51. The summed E-state index contributed by atoms with van der Waals surface area (Å²) in [5.74, 6) is 0.898. The highest BCUT2D eigenvalue weighted by molar-refractivity contribution is 5.93. The zero-order chi connectivity index (χ0) is 17.7. The van der Waals surface area contributed by atoms with Crippen LogP contribution in [0.15, 0.2) is 18.2 Å². The van der Waals surface area contributed by atoms with Gasteiger partial charge in [-0.05, 0) is 37.8 Å². The van der Waals surface area contributed by atoms with Gasteiger partial charge in [-0.15, -0.1) is 0 Å². The van der Waals surface area contributed by atoms with Crippen molar-refractivity contribution in [3.63, 3.8) is 0 Å². The molecular formula is C18H25NO5. The van der Waals surface area contributed by atoms with Gasteiger partial charge < -0.3 is 19.1 Å². The Hall–Kier alpha value is -2.24. The SMILES string of the molecule is COc1cc(OC)cc(C(=O)OC(C)C(=O)N2CCC(C)CC2)c1. The van der Waals surface area contributed by atoms with Crippen LogP contribution in [-0.4, -0.2) is 50.2 Å². The Morgan fingerprint density at radius 3 is 2.12 bits per heavy atom. The van der Waals surface area contributed by atoms with Gasteiger partial charge in [-0.2, -0.15) is 0 Å². The summed E-state index contributed by atoms with van der Waals surface area (Å²) in [7, 11) is 3.01. The standard InChI is InChI=1S/C18H25NO5/c1-12-5-7-19(8-6-12)17(20)13(2)24-18(21)14-9-15(22-3)11-16(10-14)23-4/h9-13H,5-8H2,1-4H3. The molecule has 1 aliphatic rings. The highest BCUT2D eigenvalue weighted by Gasteiger charge is 2.27. The molecule has 1 atom stereocenters. The fraction of sp³-hybridized carbons (Fsp3) is 0.556. The molecule has 24 heavy (non-hydrogen) atoms. The van der Waals surface area contributed by atoms with E-state index in [1.807, 2.05) is 0 Å². The summed E-state index contributed by atoms with van der Waals surface area (Å²) >= 11 is 0. The molecule has 0 aliphatic carbocycles. The molecule has 1 saturated heterocycles. The van der Waals surface area contributed by atoms with Crippen LogP contribution in [0, 0.1) is 5.92 Å². The van der Waals surface area contributed by atoms with Crippen molar-refractivity contribution < 1.29 is 23.8 Å². The van der Waals surface area contributed by atoms with E-state index in [-0.39, 0.29) is 11.5 Å². The molecule has 0 bridgehead atoms. The lowest BCUT2D eigenvalue weighted by Gasteiger charge is -2.31. The molecule has 132 valence electrons. The fourth-order valence-electron chi connectivity index (χ4n) is 2.69. The lowest BCUT2D eigenvalue weighted by atomic mass is 9.99. The van der Waals surface area contributed by atoms with E-state index >= 15 is 0 Å². The zero-order valence-corrected chi connectivity index (χ0v) is 14.7. The van der Waals surface area contributed by atoms with Gasteiger partial charge in [-0.3, -0.25) is 4.79 Å². The van der Waals surface area contributed by atoms with Crippen LogP contribution in [0.4, 0.5) is 0 Å². The van der Waals surface area contributed by atoms with Gasteiger partial charge in [0.05, 0.1) is 19.8 Å². The number of ether oxygens (including phenoxy) is 3. The van der Waals surface area contributed by atoms with Crippen molar-refractivity contribution in [1.82, 2.24) is 4.90 Å². The van der Waals surface area contributed by atoms with Crippen LogP contribution in [0.3, 0.4) is 0 Å². The lowest BCUT2D eigenvalue weighted by molar-refractivity contribution is -0.141. The number of hydrogen-bond donors (Lipinski definition) is 0. The Bertz CT molecular complexity index is 571. The molecule has 0 saturated carbocycles. The third-order valence-corrected chi connectivity index (χ3v) is 4.31. The number of piperidine rings is 1. The highest BCUT2D eigenvalue weighted by Crippen LogP contribution is 2.23. The summed E-state index contributed by atoms with van der Waals surface area (Å²) < 4.78 is 15.6. The Morgan fingerprint density at radius 1 is 1.08 bits per heavy atom. The quantitative estimate of drug-likeness (QED) is 0.774. The normalized spacial score (nSPS) is 16.4. The number of likely N-dealkylation sites (tertiary alicyclic amines) is 1. The van der Waals surface area contributed by atoms with Gasteiger partial charge in [0, 0.05) is 19.2 Å². The van der Waals surface area contributed by atoms with Crippen molar-refractivity contribution in [1.29, 1.82) is 0 Å². The Labute approximate surface area is 142 Å². The molecular weight excluding hydrogens is 310 g/mol. The zero-order valence-electron chi connectivity index (χ0n) is 14.7. The van der Waals surface area contributed by atoms with E-state index in [9.17, 15) is 9.59 Å². The minimum atomic E-state index is -0.817. The van der Waals surface area contributed by atoms with E-state index in [4.69, 9.17) is 14.2 Å². The van der Waals surface area contributed by atoms with Crippen LogP contribution in [0.5, 0.6) is 11.5 Å². The number of rotatable bonds is 5. The first-order valence-corrected chi connectivity index (χ1v) is 8.17. The topological polar surface area (TPSA) is 65.1 Å². The monoisotopic (exact) mass is 335 g/mol. The Morgan fingerprint density at radius 2 is 1.62 bits per heavy atom. The summed E-state index contributed by atoms with van der Waals surface area (Å²) in [4.78, 5) is 26.5. The second kappa shape index (κ2) is 8.04. The molecule has 1 heterocycles. The maximum atomic E-state index is 12.4. The molecule has 1 amide bonds. The second-order valence-corrected chi connectivity index (χ2v) is 6.16. The van der Waals surface area contributed by atoms with Gasteiger partial charge in [0.15, 0.2) is 6.10 Å². The third kappa shape index (κ3) is 4.40. The van der Waals surface area contributed by atoms with Crippen LogP contribution >= 0.6 is 0 Å². The summed E-state index contributed by atoms with van der Waals surface area (Å²) in [6.07, 6.45) is 1.15. The van der Waals surface area contributed by atoms with Gasteiger partial charge in [-0.1, -0.05) is 6.92 Å². The molecule has 2 rings (SSSR count). The summed E-state index contributed by atoms with van der Waals surface area (Å²) in [6.45, 7) is 5.22. The summed E-state index contributed by atoms with van der Waals surface area (Å²) in [6, 6.07) is 4.79. The molecule has 1 aromatic rings. The minimum Gasteiger partial charge on any atom is -0.497 e. The number of amides is 1. The van der Waals surface area contributed by atoms with Gasteiger partial charge in [0.25, 0.3) is 5.91 Å². The molecule has 6 heteroatoms. The molecule has 0 radical (unpaired) electrons. The molecule has 1 fully saturated rings. The molecule has 1 aliphatic heterocycles. The van der Waals surface area contributed by atoms with E-state index < -0.39 is 12.1 Å². The number of carbonyl (C=O) groups is 2. The van der Waals surface area contributed by atoms with E-state index in [1.54, 1.807) is 30.0 Å². The number of hydrogen-bond acceptors (Lipinski definition) is 5. The van der Waals surface area contributed by atoms with Crippen LogP contribution < -0.4 is 9.47 Å². The van der Waals surface area contributed by atoms with Gasteiger partial charge in [0.2, 0.25) is 0 Å². The van der Waals surface area contributed by atoms with Crippen LogP contribution in [-0.2, 0) is 9.53 Å². The maximum absolute atomic E-state index is 12.4. The van der Waals surface area contributed by atoms with Crippen molar-refractivity contribution in [2.24, 2.45) is 5.92 Å². The first-order chi connectivity index (χ1) is 11.4. The smallest absolute Gasteiger partial charge is 0.339 e. The van der Waals surface area contributed by atoms with Crippen molar-refractivity contribution in [3.8, 4) is 11.5 Å². The van der Waals surface area contributed by atoms with Gasteiger partial charge in [-0.25, -0.2) is 4.79 Å². The van der Waals surface area contributed by atoms with Crippen LogP contribution in [0.1, 0.15) is 37.0 Å². The molecule has 0 N–H and O–H groups in total. The maximum Gasteiger partial charge on any atom is 0.339 e. The second-order valence-electron chi connectivity index (χ2n) is 6.16. The van der Waals surface area contributed by atoms with Crippen molar-refractivity contribution >= 4 is 11.9 Å². The Balaban J connectivity index is 2.02. The number of carbonyl (C=O) groups excluding carboxylic acids is 2. The third-order valence-electron chi connectivity index (χ3n) is 4.31. The molecule has 1 unspecified atom stereocenters. The number of nitrogens with zero attached hydrogens (tertiary/aromatic N) is 1. The molecule has 0 aromatic heterocycles. The van der Waals surface area contributed by atoms with E-state index in [2.05, 4.69) is 6.92 Å². The molecule has 0 spiro atoms. The summed E-state index contributed by atoms with van der Waals surface area (Å²) in [5, 5.41) is 0. The van der Waals surface area contributed by atoms with Crippen molar-refractivity contribution in [2.75, 3.05) is 27.3 Å². The average Bonchev–Trinajstić information content (AvgIpc) is 2.61. The number of methoxy groups -OCH3 is 2. The van der Waals surface area contributed by atoms with E-state index in [0.717, 1.165) is 25.9 Å². The Kier molecular flexibility index (Phi) is 6.06. The number of esters is 1.